The molecule has 1 aliphatic heterocycles. The summed E-state index contributed by atoms with van der Waals surface area (Å²) in [5, 5.41) is 6.78. The third kappa shape index (κ3) is 6.17. The van der Waals surface area contributed by atoms with Crippen molar-refractivity contribution in [1.29, 1.82) is 0 Å². The second-order valence-corrected chi connectivity index (χ2v) is 7.18. The van der Waals surface area contributed by atoms with Crippen LogP contribution in [0.5, 0.6) is 0 Å². The summed E-state index contributed by atoms with van der Waals surface area (Å²) in [7, 11) is 2.12. The van der Waals surface area contributed by atoms with Gasteiger partial charge in [-0.1, -0.05) is 5.16 Å². The van der Waals surface area contributed by atoms with E-state index in [1.165, 1.54) is 6.42 Å². The molecule has 23 heavy (non-hydrogen) atoms. The molecule has 1 aliphatic rings. The summed E-state index contributed by atoms with van der Waals surface area (Å²) >= 11 is 0. The van der Waals surface area contributed by atoms with Gasteiger partial charge < -0.3 is 19.5 Å². The van der Waals surface area contributed by atoms with E-state index >= 15 is 0 Å². The van der Waals surface area contributed by atoms with Crippen molar-refractivity contribution in [2.24, 2.45) is 0 Å². The average Bonchev–Trinajstić information content (AvgIpc) is 2.90. The Kier molecular flexibility index (Phi) is 5.98. The predicted molar refractivity (Wildman–Crippen MR) is 86.3 cm³/mol. The fourth-order valence-corrected chi connectivity index (χ4v) is 2.65. The Hall–Kier alpha value is -1.63. The molecule has 130 valence electrons. The summed E-state index contributed by atoms with van der Waals surface area (Å²) in [6, 6.07) is 0. The summed E-state index contributed by atoms with van der Waals surface area (Å²) < 4.78 is 10.6. The number of aryl methyl sites for hydroxylation is 1. The lowest BCUT2D eigenvalue weighted by molar-refractivity contribution is 0.0527. The minimum atomic E-state index is -0.472. The van der Waals surface area contributed by atoms with E-state index in [1.807, 2.05) is 20.8 Å². The topological polar surface area (TPSA) is 80.5 Å². The quantitative estimate of drug-likeness (QED) is 0.837. The van der Waals surface area contributed by atoms with Crippen LogP contribution in [-0.4, -0.2) is 53.4 Å². The standard InChI is InChI=1S/C16H28N4O3/c1-16(2,3)22-15(21)17-9-5-8-13-18-14(23-19-13)12-7-6-10-20(4)11-12/h12H,5-11H2,1-4H3,(H,17,21)/t12-/m0/s1. The highest BCUT2D eigenvalue weighted by Crippen LogP contribution is 2.24. The number of ether oxygens (including phenoxy) is 1. The van der Waals surface area contributed by atoms with Gasteiger partial charge in [0, 0.05) is 19.5 Å². The number of piperidine rings is 1. The molecule has 1 aromatic rings. The maximum absolute atomic E-state index is 11.5. The van der Waals surface area contributed by atoms with Crippen LogP contribution in [0.1, 0.15) is 57.7 Å². The van der Waals surface area contributed by atoms with Gasteiger partial charge in [-0.05, 0) is 53.6 Å². The van der Waals surface area contributed by atoms with Gasteiger partial charge in [-0.25, -0.2) is 4.79 Å². The average molecular weight is 324 g/mol. The molecular weight excluding hydrogens is 296 g/mol. The number of aromatic nitrogens is 2. The van der Waals surface area contributed by atoms with Crippen LogP contribution in [0.3, 0.4) is 0 Å². The normalized spacial score (nSPS) is 19.6. The molecule has 2 heterocycles. The number of nitrogens with one attached hydrogen (secondary N) is 1. The molecule has 0 unspecified atom stereocenters. The summed E-state index contributed by atoms with van der Waals surface area (Å²) in [6.45, 7) is 8.17. The van der Waals surface area contributed by atoms with Crippen molar-refractivity contribution in [2.75, 3.05) is 26.7 Å². The molecule has 2 rings (SSSR count). The third-order valence-corrected chi connectivity index (χ3v) is 3.70. The molecule has 0 spiro atoms. The van der Waals surface area contributed by atoms with Crippen LogP contribution >= 0.6 is 0 Å². The maximum atomic E-state index is 11.5. The van der Waals surface area contributed by atoms with Gasteiger partial charge in [0.05, 0.1) is 5.92 Å². The zero-order valence-electron chi connectivity index (χ0n) is 14.6. The first-order chi connectivity index (χ1) is 10.8. The minimum absolute atomic E-state index is 0.342. The molecule has 0 bridgehead atoms. The molecule has 1 N–H and O–H groups in total. The summed E-state index contributed by atoms with van der Waals surface area (Å²) in [6.07, 6.45) is 3.31. The van der Waals surface area contributed by atoms with Crippen molar-refractivity contribution in [3.63, 3.8) is 0 Å². The SMILES string of the molecule is CN1CCC[C@H](c2nc(CCCNC(=O)OC(C)(C)C)no2)C1. The largest absolute Gasteiger partial charge is 0.444 e. The predicted octanol–water partition coefficient (Wildman–Crippen LogP) is 2.34. The van der Waals surface area contributed by atoms with Gasteiger partial charge in [0.1, 0.15) is 5.60 Å². The first kappa shape index (κ1) is 17.7. The number of nitrogens with zero attached hydrogens (tertiary/aromatic N) is 3. The molecule has 1 atom stereocenters. The Balaban J connectivity index is 1.70. The van der Waals surface area contributed by atoms with Gasteiger partial charge in [-0.2, -0.15) is 4.98 Å². The number of hydrogen-bond donors (Lipinski definition) is 1. The van der Waals surface area contributed by atoms with Crippen LogP contribution in [0.15, 0.2) is 4.52 Å². The molecule has 1 aromatic heterocycles. The van der Waals surface area contributed by atoms with Gasteiger partial charge in [-0.15, -0.1) is 0 Å². The van der Waals surface area contributed by atoms with Crippen LogP contribution in [0.4, 0.5) is 4.79 Å². The fourth-order valence-electron chi connectivity index (χ4n) is 2.65. The Morgan fingerprint density at radius 1 is 1.48 bits per heavy atom. The van der Waals surface area contributed by atoms with Crippen LogP contribution in [0.25, 0.3) is 0 Å². The number of amides is 1. The molecule has 1 amide bonds. The van der Waals surface area contributed by atoms with Crippen LogP contribution in [-0.2, 0) is 11.2 Å². The van der Waals surface area contributed by atoms with Crippen molar-refractivity contribution in [3.8, 4) is 0 Å². The van der Waals surface area contributed by atoms with Gasteiger partial charge in [0.25, 0.3) is 0 Å². The van der Waals surface area contributed by atoms with E-state index in [9.17, 15) is 4.79 Å². The fraction of sp³-hybridized carbons (Fsp3) is 0.812. The highest BCUT2D eigenvalue weighted by Gasteiger charge is 2.24. The first-order valence-electron chi connectivity index (χ1n) is 8.31. The van der Waals surface area contributed by atoms with Crippen molar-refractivity contribution < 1.29 is 14.1 Å². The molecule has 7 heteroatoms. The number of alkyl carbamates (subject to hydrolysis) is 1. The van der Waals surface area contributed by atoms with Crippen molar-refractivity contribution in [2.45, 2.75) is 58.0 Å². The second-order valence-electron chi connectivity index (χ2n) is 7.18. The van der Waals surface area contributed by atoms with E-state index in [4.69, 9.17) is 9.26 Å². The molecular formula is C16H28N4O3. The zero-order chi connectivity index (χ0) is 16.9. The Labute approximate surface area is 137 Å². The Bertz CT molecular complexity index is 510. The van der Waals surface area contributed by atoms with Gasteiger partial charge >= 0.3 is 6.09 Å². The lowest BCUT2D eigenvalue weighted by Crippen LogP contribution is -2.33. The van der Waals surface area contributed by atoms with E-state index in [2.05, 4.69) is 27.4 Å². The van der Waals surface area contributed by atoms with Crippen LogP contribution < -0.4 is 5.32 Å². The van der Waals surface area contributed by atoms with Crippen molar-refractivity contribution in [3.05, 3.63) is 11.7 Å². The molecule has 0 aliphatic carbocycles. The van der Waals surface area contributed by atoms with E-state index < -0.39 is 11.7 Å². The molecule has 7 nitrogen and oxygen atoms in total. The number of likely N-dealkylation sites (tertiary alicyclic amines) is 1. The summed E-state index contributed by atoms with van der Waals surface area (Å²) in [4.78, 5) is 18.3. The number of carbonyl (C=O) groups excluding carboxylic acids is 1. The second kappa shape index (κ2) is 7.77. The molecule has 0 saturated carbocycles. The molecule has 0 radical (unpaired) electrons. The van der Waals surface area contributed by atoms with Gasteiger partial charge in [0.2, 0.25) is 5.89 Å². The number of carbonyl (C=O) groups is 1. The Morgan fingerprint density at radius 2 is 2.26 bits per heavy atom. The lowest BCUT2D eigenvalue weighted by Gasteiger charge is -2.27. The molecule has 1 saturated heterocycles. The molecule has 1 fully saturated rings. The monoisotopic (exact) mass is 324 g/mol. The highest BCUT2D eigenvalue weighted by atomic mass is 16.6. The van der Waals surface area contributed by atoms with Crippen LogP contribution in [0.2, 0.25) is 0 Å². The van der Waals surface area contributed by atoms with E-state index in [-0.39, 0.29) is 0 Å². The van der Waals surface area contributed by atoms with Gasteiger partial charge in [0.15, 0.2) is 5.82 Å². The number of hydrogen-bond acceptors (Lipinski definition) is 6. The smallest absolute Gasteiger partial charge is 0.407 e. The number of likely N-dealkylation sites (N-methyl/N-ethyl adjacent to an activating group) is 1. The summed E-state index contributed by atoms with van der Waals surface area (Å²) in [5.74, 6) is 1.79. The first-order valence-corrected chi connectivity index (χ1v) is 8.31. The van der Waals surface area contributed by atoms with Crippen LogP contribution in [0, 0.1) is 0 Å². The lowest BCUT2D eigenvalue weighted by atomic mass is 9.98. The van der Waals surface area contributed by atoms with Gasteiger partial charge in [-0.3, -0.25) is 0 Å². The number of rotatable bonds is 5. The minimum Gasteiger partial charge on any atom is -0.444 e. The Morgan fingerprint density at radius 3 is 2.96 bits per heavy atom. The summed E-state index contributed by atoms with van der Waals surface area (Å²) in [5.41, 5.74) is -0.472. The van der Waals surface area contributed by atoms with E-state index in [0.717, 1.165) is 31.8 Å². The van der Waals surface area contributed by atoms with Crippen molar-refractivity contribution >= 4 is 6.09 Å². The van der Waals surface area contributed by atoms with E-state index in [1.54, 1.807) is 0 Å². The molecule has 0 aromatic carbocycles. The van der Waals surface area contributed by atoms with Crippen molar-refractivity contribution in [1.82, 2.24) is 20.4 Å². The third-order valence-electron chi connectivity index (χ3n) is 3.70. The maximum Gasteiger partial charge on any atom is 0.407 e. The highest BCUT2D eigenvalue weighted by molar-refractivity contribution is 5.67. The zero-order valence-corrected chi connectivity index (χ0v) is 14.6. The van der Waals surface area contributed by atoms with E-state index in [0.29, 0.717) is 24.7 Å².